The number of sulfonamides is 1. The number of primary sulfonamides is 1. The molecule has 0 radical (unpaired) electrons. The molecule has 2 rings (SSSR count). The fraction of sp³-hybridized carbons (Fsp3) is 0.455. The molecular weight excluding hydrogens is 238 g/mol. The summed E-state index contributed by atoms with van der Waals surface area (Å²) in [6.45, 7) is 2.16. The van der Waals surface area contributed by atoms with Gasteiger partial charge in [-0.25, -0.2) is 13.6 Å². The molecule has 0 aliphatic heterocycles. The summed E-state index contributed by atoms with van der Waals surface area (Å²) in [6, 6.07) is 5.24. The Morgan fingerprint density at radius 3 is 2.65 bits per heavy atom. The average molecular weight is 255 g/mol. The van der Waals surface area contributed by atoms with Crippen molar-refractivity contribution in [2.24, 2.45) is 11.1 Å². The fourth-order valence-corrected chi connectivity index (χ4v) is 2.63. The summed E-state index contributed by atoms with van der Waals surface area (Å²) in [4.78, 5) is -0.0223. The number of hydrogen-bond donors (Lipinski definition) is 3. The van der Waals surface area contributed by atoms with Crippen molar-refractivity contribution in [3.05, 3.63) is 18.2 Å². The van der Waals surface area contributed by atoms with Crippen LogP contribution in [0.3, 0.4) is 0 Å². The van der Waals surface area contributed by atoms with E-state index in [1.54, 1.807) is 12.1 Å². The lowest BCUT2D eigenvalue weighted by atomic mass is 10.2. The molecule has 0 heterocycles. The van der Waals surface area contributed by atoms with Gasteiger partial charge in [0.2, 0.25) is 10.0 Å². The number of nitrogen functional groups attached to an aromatic ring is 1. The van der Waals surface area contributed by atoms with Gasteiger partial charge in [0.05, 0.1) is 5.69 Å². The zero-order chi connectivity index (χ0) is 12.6. The molecule has 1 fully saturated rings. The van der Waals surface area contributed by atoms with E-state index in [1.165, 1.54) is 6.07 Å². The molecule has 5 N–H and O–H groups in total. The van der Waals surface area contributed by atoms with Gasteiger partial charge in [0.25, 0.3) is 0 Å². The van der Waals surface area contributed by atoms with Gasteiger partial charge in [0, 0.05) is 11.7 Å². The average Bonchev–Trinajstić information content (AvgIpc) is 2.94. The van der Waals surface area contributed by atoms with Gasteiger partial charge in [-0.1, -0.05) is 13.3 Å². The molecule has 6 heteroatoms. The summed E-state index contributed by atoms with van der Waals surface area (Å²) in [5.74, 6) is 0.717. The van der Waals surface area contributed by atoms with Gasteiger partial charge < -0.3 is 11.1 Å². The van der Waals surface area contributed by atoms with E-state index in [0.29, 0.717) is 12.0 Å². The normalized spacial score (nSPS) is 23.4. The quantitative estimate of drug-likeness (QED) is 0.702. The second-order valence-electron chi connectivity index (χ2n) is 4.45. The highest BCUT2D eigenvalue weighted by Crippen LogP contribution is 2.36. The number of nitrogens with two attached hydrogens (primary N) is 2. The molecule has 1 aromatic rings. The Labute approximate surface area is 101 Å². The molecule has 17 heavy (non-hydrogen) atoms. The van der Waals surface area contributed by atoms with E-state index in [-0.39, 0.29) is 10.6 Å². The largest absolute Gasteiger partial charge is 0.398 e. The van der Waals surface area contributed by atoms with Crippen molar-refractivity contribution in [1.29, 1.82) is 0 Å². The molecule has 2 unspecified atom stereocenters. The van der Waals surface area contributed by atoms with Crippen molar-refractivity contribution < 1.29 is 8.42 Å². The van der Waals surface area contributed by atoms with E-state index >= 15 is 0 Å². The van der Waals surface area contributed by atoms with E-state index in [0.717, 1.165) is 18.5 Å². The van der Waals surface area contributed by atoms with Crippen molar-refractivity contribution in [3.8, 4) is 0 Å². The first-order valence-electron chi connectivity index (χ1n) is 5.60. The minimum atomic E-state index is -3.73. The molecule has 0 saturated heterocycles. The molecule has 1 aliphatic carbocycles. The number of hydrogen-bond acceptors (Lipinski definition) is 4. The van der Waals surface area contributed by atoms with Crippen molar-refractivity contribution >= 4 is 21.4 Å². The smallest absolute Gasteiger partial charge is 0.240 e. The molecular formula is C11H17N3O2S. The van der Waals surface area contributed by atoms with Crippen LogP contribution >= 0.6 is 0 Å². The topological polar surface area (TPSA) is 98.2 Å². The van der Waals surface area contributed by atoms with E-state index < -0.39 is 10.0 Å². The van der Waals surface area contributed by atoms with Crippen LogP contribution in [0.15, 0.2) is 23.1 Å². The fourth-order valence-electron chi connectivity index (χ4n) is 1.99. The van der Waals surface area contributed by atoms with Gasteiger partial charge in [-0.05, 0) is 30.5 Å². The SMILES string of the molecule is CCC1CC1Nc1ccc(S(N)(=O)=O)c(N)c1. The Balaban J connectivity index is 2.15. The first-order chi connectivity index (χ1) is 7.91. The van der Waals surface area contributed by atoms with Gasteiger partial charge in [-0.15, -0.1) is 0 Å². The van der Waals surface area contributed by atoms with Crippen LogP contribution in [0.4, 0.5) is 11.4 Å². The van der Waals surface area contributed by atoms with Crippen LogP contribution in [0.1, 0.15) is 19.8 Å². The Morgan fingerprint density at radius 1 is 1.47 bits per heavy atom. The predicted molar refractivity (Wildman–Crippen MR) is 68.0 cm³/mol. The zero-order valence-electron chi connectivity index (χ0n) is 9.68. The van der Waals surface area contributed by atoms with Gasteiger partial charge >= 0.3 is 0 Å². The van der Waals surface area contributed by atoms with Crippen molar-refractivity contribution in [1.82, 2.24) is 0 Å². The second kappa shape index (κ2) is 4.19. The van der Waals surface area contributed by atoms with E-state index in [4.69, 9.17) is 10.9 Å². The second-order valence-corrected chi connectivity index (χ2v) is 5.98. The molecule has 5 nitrogen and oxygen atoms in total. The molecule has 1 saturated carbocycles. The van der Waals surface area contributed by atoms with Crippen LogP contribution in [0, 0.1) is 5.92 Å². The first-order valence-corrected chi connectivity index (χ1v) is 7.15. The maximum absolute atomic E-state index is 11.2. The lowest BCUT2D eigenvalue weighted by molar-refractivity contribution is 0.598. The van der Waals surface area contributed by atoms with Gasteiger partial charge in [-0.2, -0.15) is 0 Å². The molecule has 0 spiro atoms. The predicted octanol–water partition coefficient (Wildman–Crippen LogP) is 1.13. The Kier molecular flexibility index (Phi) is 3.01. The van der Waals surface area contributed by atoms with Crippen molar-refractivity contribution in [2.75, 3.05) is 11.1 Å². The number of nitrogens with one attached hydrogen (secondary N) is 1. The molecule has 94 valence electrons. The third kappa shape index (κ3) is 2.70. The lowest BCUT2D eigenvalue weighted by Crippen LogP contribution is -2.14. The molecule has 1 aromatic carbocycles. The highest BCUT2D eigenvalue weighted by molar-refractivity contribution is 7.89. The summed E-state index contributed by atoms with van der Waals surface area (Å²) >= 11 is 0. The zero-order valence-corrected chi connectivity index (χ0v) is 10.5. The molecule has 0 aromatic heterocycles. The minimum Gasteiger partial charge on any atom is -0.398 e. The van der Waals surface area contributed by atoms with Gasteiger partial charge in [-0.3, -0.25) is 0 Å². The Morgan fingerprint density at radius 2 is 2.18 bits per heavy atom. The summed E-state index contributed by atoms with van der Waals surface area (Å²) in [6.07, 6.45) is 2.32. The van der Waals surface area contributed by atoms with Gasteiger partial charge in [0.1, 0.15) is 4.90 Å². The van der Waals surface area contributed by atoms with Crippen LogP contribution in [-0.2, 0) is 10.0 Å². The van der Waals surface area contributed by atoms with E-state index in [1.807, 2.05) is 0 Å². The summed E-state index contributed by atoms with van der Waals surface area (Å²) in [7, 11) is -3.73. The van der Waals surface area contributed by atoms with Crippen LogP contribution in [0.25, 0.3) is 0 Å². The standard InChI is InChI=1S/C11H17N3O2S/c1-2-7-5-10(7)14-8-3-4-11(9(12)6-8)17(13,15)16/h3-4,6-7,10,14H,2,5,12H2,1H3,(H2,13,15,16). The van der Waals surface area contributed by atoms with Crippen LogP contribution in [-0.4, -0.2) is 14.5 Å². The first kappa shape index (κ1) is 12.2. The monoisotopic (exact) mass is 255 g/mol. The third-order valence-electron chi connectivity index (χ3n) is 3.12. The summed E-state index contributed by atoms with van der Waals surface area (Å²) in [5.41, 5.74) is 6.70. The lowest BCUT2D eigenvalue weighted by Gasteiger charge is -2.09. The number of anilines is 2. The third-order valence-corrected chi connectivity index (χ3v) is 4.10. The molecule has 2 atom stereocenters. The van der Waals surface area contributed by atoms with Crippen molar-refractivity contribution in [2.45, 2.75) is 30.7 Å². The van der Waals surface area contributed by atoms with Crippen LogP contribution < -0.4 is 16.2 Å². The molecule has 0 amide bonds. The Bertz CT molecular complexity index is 528. The highest BCUT2D eigenvalue weighted by atomic mass is 32.2. The van der Waals surface area contributed by atoms with Crippen LogP contribution in [0.5, 0.6) is 0 Å². The summed E-state index contributed by atoms with van der Waals surface area (Å²) in [5, 5.41) is 8.36. The highest BCUT2D eigenvalue weighted by Gasteiger charge is 2.35. The van der Waals surface area contributed by atoms with E-state index in [2.05, 4.69) is 12.2 Å². The van der Waals surface area contributed by atoms with Crippen LogP contribution in [0.2, 0.25) is 0 Å². The Hall–Kier alpha value is -1.27. The summed E-state index contributed by atoms with van der Waals surface area (Å²) < 4.78 is 22.4. The van der Waals surface area contributed by atoms with Gasteiger partial charge in [0.15, 0.2) is 0 Å². The maximum atomic E-state index is 11.2. The number of benzene rings is 1. The molecule has 1 aliphatic rings. The number of rotatable bonds is 4. The molecule has 0 bridgehead atoms. The maximum Gasteiger partial charge on any atom is 0.240 e. The minimum absolute atomic E-state index is 0.0223. The van der Waals surface area contributed by atoms with E-state index in [9.17, 15) is 8.42 Å². The van der Waals surface area contributed by atoms with Crippen molar-refractivity contribution in [3.63, 3.8) is 0 Å².